The third kappa shape index (κ3) is 11.0. The number of unbranched alkanes of at least 4 members (excludes halogenated alkanes) is 1. The molecular weight excluding hydrogens is 638 g/mol. The lowest BCUT2D eigenvalue weighted by atomic mass is 9.83. The predicted molar refractivity (Wildman–Crippen MR) is 191 cm³/mol. The average molecular weight is 698 g/mol. The van der Waals surface area contributed by atoms with Gasteiger partial charge in [-0.2, -0.15) is 0 Å². The van der Waals surface area contributed by atoms with Crippen LogP contribution in [0.5, 0.6) is 0 Å². The summed E-state index contributed by atoms with van der Waals surface area (Å²) in [7, 11) is 1.78. The van der Waals surface area contributed by atoms with E-state index in [1.807, 2.05) is 49.1 Å². The summed E-state index contributed by atoms with van der Waals surface area (Å²) in [4.78, 5) is 70.5. The Morgan fingerprint density at radius 2 is 1.48 bits per heavy atom. The summed E-state index contributed by atoms with van der Waals surface area (Å²) in [5.41, 5.74) is 6.63. The lowest BCUT2D eigenvalue weighted by molar-refractivity contribution is -0.159. The highest BCUT2D eigenvalue weighted by Crippen LogP contribution is 2.33. The van der Waals surface area contributed by atoms with E-state index in [9.17, 15) is 29.1 Å². The second-order valence-electron chi connectivity index (χ2n) is 14.8. The minimum atomic E-state index is -0.928. The molecule has 2 heterocycles. The van der Waals surface area contributed by atoms with E-state index in [1.165, 1.54) is 0 Å². The van der Waals surface area contributed by atoms with Gasteiger partial charge in [-0.05, 0) is 75.9 Å². The Morgan fingerprint density at radius 3 is 2.08 bits per heavy atom. The van der Waals surface area contributed by atoms with Gasteiger partial charge in [0.15, 0.2) is 0 Å². The second-order valence-corrected chi connectivity index (χ2v) is 14.8. The highest BCUT2D eigenvalue weighted by atomic mass is 16.4. The number of carboxylic acids is 1. The van der Waals surface area contributed by atoms with Crippen molar-refractivity contribution in [1.29, 1.82) is 0 Å². The number of carboxylic acid groups (broad SMARTS) is 1. The lowest BCUT2D eigenvalue weighted by Crippen LogP contribution is -2.72. The molecule has 6 atom stereocenters. The molecular formula is C37H59N7O6. The number of carbonyl (C=O) groups is 5. The minimum Gasteiger partial charge on any atom is -0.480 e. The number of hydrogen-bond donors (Lipinski definition) is 6. The van der Waals surface area contributed by atoms with Gasteiger partial charge < -0.3 is 37.0 Å². The van der Waals surface area contributed by atoms with Crippen LogP contribution in [0.15, 0.2) is 30.3 Å². The number of rotatable bonds is 19. The predicted octanol–water partition coefficient (Wildman–Crippen LogP) is 1.40. The molecule has 0 spiro atoms. The molecule has 2 aliphatic heterocycles. The molecule has 13 heteroatoms. The van der Waals surface area contributed by atoms with Gasteiger partial charge in [-0.1, -0.05) is 63.4 Å². The first kappa shape index (κ1) is 39.2. The van der Waals surface area contributed by atoms with Gasteiger partial charge >= 0.3 is 5.97 Å². The number of piperidine rings is 1. The first-order valence-electron chi connectivity index (χ1n) is 18.6. The molecule has 4 amide bonds. The smallest absolute Gasteiger partial charge is 0.317 e. The van der Waals surface area contributed by atoms with E-state index in [0.717, 1.165) is 44.1 Å². The van der Waals surface area contributed by atoms with Crippen molar-refractivity contribution in [2.75, 3.05) is 33.2 Å². The molecule has 1 aromatic rings. The fourth-order valence-electron chi connectivity index (χ4n) is 7.92. The number of piperazine rings is 1. The van der Waals surface area contributed by atoms with E-state index < -0.39 is 42.0 Å². The van der Waals surface area contributed by atoms with E-state index >= 15 is 0 Å². The molecule has 1 aromatic carbocycles. The van der Waals surface area contributed by atoms with E-state index in [2.05, 4.69) is 21.3 Å². The summed E-state index contributed by atoms with van der Waals surface area (Å²) >= 11 is 0. The van der Waals surface area contributed by atoms with E-state index in [1.54, 1.807) is 11.9 Å². The van der Waals surface area contributed by atoms with E-state index in [-0.39, 0.29) is 48.7 Å². The van der Waals surface area contributed by atoms with Crippen molar-refractivity contribution in [3.8, 4) is 0 Å². The monoisotopic (exact) mass is 697 g/mol. The van der Waals surface area contributed by atoms with Crippen LogP contribution in [-0.4, -0.2) is 114 Å². The maximum Gasteiger partial charge on any atom is 0.317 e. The summed E-state index contributed by atoms with van der Waals surface area (Å²) in [5, 5.41) is 21.4. The third-order valence-corrected chi connectivity index (χ3v) is 10.4. The van der Waals surface area contributed by atoms with E-state index in [0.29, 0.717) is 45.3 Å². The molecule has 2 bridgehead atoms. The van der Waals surface area contributed by atoms with Crippen molar-refractivity contribution in [3.05, 3.63) is 35.9 Å². The SMILES string of the molecule is CNC(C(=O)NC(Cc1ccccc1)C(=O)NC(CC(C)C)C(=O)NC(CCCCN)C(=O)N1C2CC1CN(CC(=O)O)C2)C1CCCCC1. The standard InChI is InChI=1S/C37H59N7O6/c1-24(2)18-30(34(47)40-29(16-10-11-17-38)37(50)44-27-20-28(44)22-43(21-27)23-32(45)46)41-35(48)31(19-25-12-6-4-7-13-25)42-36(49)33(39-3)26-14-8-5-9-15-26/h4,6-7,12-13,24,26-31,33,39H,5,8-11,14-23,38H2,1-3H3,(H,40,47)(H,41,48)(H,42,49)(H,45,46). The van der Waals surface area contributed by atoms with Crippen molar-refractivity contribution in [2.45, 2.75) is 121 Å². The van der Waals surface area contributed by atoms with Crippen molar-refractivity contribution in [3.63, 3.8) is 0 Å². The number of nitrogens with zero attached hydrogens (tertiary/aromatic N) is 2. The van der Waals surface area contributed by atoms with Crippen LogP contribution in [0.25, 0.3) is 0 Å². The zero-order chi connectivity index (χ0) is 36.2. The molecule has 1 saturated carbocycles. The van der Waals surface area contributed by atoms with Crippen molar-refractivity contribution in [2.24, 2.45) is 17.6 Å². The number of hydrogen-bond acceptors (Lipinski definition) is 8. The molecule has 4 rings (SSSR count). The summed E-state index contributed by atoms with van der Waals surface area (Å²) in [6, 6.07) is 6.22. The van der Waals surface area contributed by atoms with Gasteiger partial charge in [0.2, 0.25) is 23.6 Å². The third-order valence-electron chi connectivity index (χ3n) is 10.4. The topological polar surface area (TPSA) is 186 Å². The highest BCUT2D eigenvalue weighted by Gasteiger charge is 2.49. The zero-order valence-electron chi connectivity index (χ0n) is 30.1. The minimum absolute atomic E-state index is 0.0505. The Balaban J connectivity index is 1.48. The van der Waals surface area contributed by atoms with Crippen molar-refractivity contribution < 1.29 is 29.1 Å². The van der Waals surface area contributed by atoms with Gasteiger partial charge in [-0.25, -0.2) is 0 Å². The number of amides is 4. The van der Waals surface area contributed by atoms with Crippen LogP contribution in [-0.2, 0) is 30.4 Å². The fraction of sp³-hybridized carbons (Fsp3) is 0.703. The van der Waals surface area contributed by atoms with Crippen LogP contribution in [0.1, 0.15) is 83.6 Å². The summed E-state index contributed by atoms with van der Waals surface area (Å²) in [6.45, 7) is 5.28. The number of nitrogens with one attached hydrogen (secondary N) is 4. The molecule has 0 aromatic heterocycles. The molecule has 50 heavy (non-hydrogen) atoms. The molecule has 3 fully saturated rings. The molecule has 2 saturated heterocycles. The fourth-order valence-corrected chi connectivity index (χ4v) is 7.92. The van der Waals surface area contributed by atoms with Crippen molar-refractivity contribution >= 4 is 29.6 Å². The van der Waals surface area contributed by atoms with Gasteiger partial charge in [0.25, 0.3) is 0 Å². The number of nitrogens with two attached hydrogens (primary N) is 1. The molecule has 13 nitrogen and oxygen atoms in total. The first-order chi connectivity index (χ1) is 24.0. The number of fused-ring (bicyclic) bond motifs is 2. The Labute approximate surface area is 296 Å². The average Bonchev–Trinajstić information content (AvgIpc) is 3.08. The number of likely N-dealkylation sites (N-methyl/N-ethyl adjacent to an activating group) is 1. The second kappa shape index (κ2) is 19.2. The summed E-state index contributed by atoms with van der Waals surface area (Å²) in [5.74, 6) is -1.97. The number of likely N-dealkylation sites (tertiary alicyclic amines) is 2. The zero-order valence-corrected chi connectivity index (χ0v) is 30.1. The number of aliphatic carboxylic acids is 1. The Bertz CT molecular complexity index is 1280. The maximum absolute atomic E-state index is 14.0. The van der Waals surface area contributed by atoms with Crippen LogP contribution < -0.4 is 27.0 Å². The summed E-state index contributed by atoms with van der Waals surface area (Å²) in [6.07, 6.45) is 8.37. The van der Waals surface area contributed by atoms with Crippen LogP contribution >= 0.6 is 0 Å². The number of benzene rings is 1. The summed E-state index contributed by atoms with van der Waals surface area (Å²) < 4.78 is 0. The van der Waals surface area contributed by atoms with Gasteiger partial charge in [0, 0.05) is 31.6 Å². The van der Waals surface area contributed by atoms with Crippen LogP contribution in [0.4, 0.5) is 0 Å². The quantitative estimate of drug-likeness (QED) is 0.116. The highest BCUT2D eigenvalue weighted by molar-refractivity contribution is 5.95. The lowest BCUT2D eigenvalue weighted by Gasteiger charge is -2.56. The van der Waals surface area contributed by atoms with Crippen molar-refractivity contribution in [1.82, 2.24) is 31.1 Å². The van der Waals surface area contributed by atoms with Crippen LogP contribution in [0, 0.1) is 11.8 Å². The molecule has 7 N–H and O–H groups in total. The first-order valence-corrected chi connectivity index (χ1v) is 18.6. The molecule has 6 unspecified atom stereocenters. The Hall–Kier alpha value is -3.55. The molecule has 3 aliphatic rings. The Morgan fingerprint density at radius 1 is 0.860 bits per heavy atom. The van der Waals surface area contributed by atoms with Gasteiger partial charge in [-0.15, -0.1) is 0 Å². The van der Waals surface area contributed by atoms with Crippen LogP contribution in [0.3, 0.4) is 0 Å². The van der Waals surface area contributed by atoms with E-state index in [4.69, 9.17) is 5.73 Å². The molecule has 1 aliphatic carbocycles. The molecule has 0 radical (unpaired) electrons. The maximum atomic E-state index is 14.0. The van der Waals surface area contributed by atoms with Gasteiger partial charge in [0.1, 0.15) is 18.1 Å². The van der Waals surface area contributed by atoms with Crippen LogP contribution in [0.2, 0.25) is 0 Å². The normalized spacial score (nSPS) is 21.7. The largest absolute Gasteiger partial charge is 0.480 e. The molecule has 278 valence electrons. The van der Waals surface area contributed by atoms with Gasteiger partial charge in [0.05, 0.1) is 12.6 Å². The van der Waals surface area contributed by atoms with Gasteiger partial charge in [-0.3, -0.25) is 28.9 Å². The number of carbonyl (C=O) groups excluding carboxylic acids is 4. The Kier molecular flexibility index (Phi) is 15.0.